The van der Waals surface area contributed by atoms with Gasteiger partial charge in [-0.1, -0.05) is 36.4 Å². The maximum Gasteiger partial charge on any atom is 0.343 e. The number of allylic oxidation sites excluding steroid dienone is 4. The largest absolute Gasteiger partial charge is 0.378 e. The molecule has 0 aliphatic heterocycles. The van der Waals surface area contributed by atoms with E-state index in [1.54, 1.807) is 6.07 Å². The third kappa shape index (κ3) is 2.80. The Morgan fingerprint density at radius 1 is 0.769 bits per heavy atom. The van der Waals surface area contributed by atoms with Crippen molar-refractivity contribution in [2.75, 3.05) is 0 Å². The molecule has 1 aliphatic carbocycles. The molecule has 3 aromatic carbocycles. The quantitative estimate of drug-likeness (QED) is 0.405. The predicted molar refractivity (Wildman–Crippen MR) is 98.2 cm³/mol. The van der Waals surface area contributed by atoms with Crippen molar-refractivity contribution < 1.29 is 22.2 Å². The molecule has 0 spiro atoms. The third-order valence-corrected chi connectivity index (χ3v) is 5.35. The molecule has 0 atom stereocenters. The van der Waals surface area contributed by atoms with Crippen molar-refractivity contribution in [2.45, 2.75) is 0 Å². The number of rotatable bonds is 3. The van der Waals surface area contributed by atoms with Crippen molar-refractivity contribution in [3.8, 4) is 5.75 Å². The summed E-state index contributed by atoms with van der Waals surface area (Å²) in [5.74, 6) is -1.25. The highest BCUT2D eigenvalue weighted by Gasteiger charge is 2.29. The third-order valence-electron chi connectivity index (χ3n) is 4.09. The van der Waals surface area contributed by atoms with Crippen LogP contribution in [0.15, 0.2) is 77.7 Å². The zero-order valence-electron chi connectivity index (χ0n) is 13.4. The van der Waals surface area contributed by atoms with E-state index in [-0.39, 0.29) is 5.75 Å². The van der Waals surface area contributed by atoms with Crippen molar-refractivity contribution >= 4 is 43.2 Å². The lowest BCUT2D eigenvalue weighted by atomic mass is 10.0. The van der Waals surface area contributed by atoms with E-state index < -0.39 is 26.6 Å². The average molecular weight is 364 g/mol. The Kier molecular flexibility index (Phi) is 3.70. The number of benzene rings is 3. The normalized spacial score (nSPS) is 14.7. The summed E-state index contributed by atoms with van der Waals surface area (Å²) in [6.07, 6.45) is 2.72. The minimum atomic E-state index is -4.42. The van der Waals surface area contributed by atoms with Gasteiger partial charge in [0.25, 0.3) is 0 Å². The lowest BCUT2D eigenvalue weighted by Crippen LogP contribution is -2.21. The van der Waals surface area contributed by atoms with Gasteiger partial charge in [0.15, 0.2) is 16.4 Å². The summed E-state index contributed by atoms with van der Waals surface area (Å²) < 4.78 is 30.3. The molecule has 4 rings (SSSR count). The van der Waals surface area contributed by atoms with Crippen LogP contribution in [0.3, 0.4) is 0 Å². The number of carbonyl (C=O) groups excluding carboxylic acids is 2. The van der Waals surface area contributed by atoms with Crippen molar-refractivity contribution in [3.05, 3.63) is 77.7 Å². The van der Waals surface area contributed by atoms with Crippen LogP contribution in [0.5, 0.6) is 5.75 Å². The van der Waals surface area contributed by atoms with Crippen LogP contribution in [0.25, 0.3) is 21.5 Å². The van der Waals surface area contributed by atoms with Crippen molar-refractivity contribution in [3.63, 3.8) is 0 Å². The fraction of sp³-hybridized carbons (Fsp3) is 0. The van der Waals surface area contributed by atoms with Crippen LogP contribution in [0, 0.1) is 0 Å². The first kappa shape index (κ1) is 16.2. The fourth-order valence-corrected chi connectivity index (χ4v) is 3.90. The van der Waals surface area contributed by atoms with Gasteiger partial charge in [0, 0.05) is 11.5 Å². The van der Waals surface area contributed by atoms with Gasteiger partial charge in [-0.15, -0.1) is 0 Å². The zero-order valence-corrected chi connectivity index (χ0v) is 14.2. The second-order valence-electron chi connectivity index (χ2n) is 5.82. The molecule has 3 aromatic rings. The molecule has 0 saturated carbocycles. The SMILES string of the molecule is O=C1C=CC(=O)C(S(=O)(=O)Oc2cccc3cc4ccccc4cc23)=C1. The van der Waals surface area contributed by atoms with Crippen LogP contribution in [0.4, 0.5) is 0 Å². The first-order valence-corrected chi connectivity index (χ1v) is 9.19. The maximum absolute atomic E-state index is 12.5. The van der Waals surface area contributed by atoms with E-state index in [4.69, 9.17) is 4.18 Å². The van der Waals surface area contributed by atoms with E-state index in [9.17, 15) is 18.0 Å². The van der Waals surface area contributed by atoms with E-state index in [0.717, 1.165) is 34.4 Å². The van der Waals surface area contributed by atoms with Crippen LogP contribution in [-0.2, 0) is 19.7 Å². The summed E-state index contributed by atoms with van der Waals surface area (Å²) in [6.45, 7) is 0. The Hall–Kier alpha value is -3.25. The van der Waals surface area contributed by atoms with Crippen LogP contribution < -0.4 is 4.18 Å². The van der Waals surface area contributed by atoms with E-state index in [1.165, 1.54) is 6.07 Å². The van der Waals surface area contributed by atoms with Gasteiger partial charge in [0.1, 0.15) is 0 Å². The van der Waals surface area contributed by atoms with Crippen LogP contribution in [0.2, 0.25) is 0 Å². The fourth-order valence-electron chi connectivity index (χ4n) is 2.86. The Labute approximate surface area is 149 Å². The van der Waals surface area contributed by atoms with Crippen LogP contribution >= 0.6 is 0 Å². The molecule has 0 radical (unpaired) electrons. The van der Waals surface area contributed by atoms with Gasteiger partial charge in [0.05, 0.1) is 0 Å². The number of hydrogen-bond acceptors (Lipinski definition) is 5. The molecular formula is C20H12O5S. The highest BCUT2D eigenvalue weighted by atomic mass is 32.2. The van der Waals surface area contributed by atoms with Gasteiger partial charge in [0.2, 0.25) is 5.78 Å². The number of carbonyl (C=O) groups is 2. The molecule has 0 fully saturated rings. The predicted octanol–water partition coefficient (Wildman–Crippen LogP) is 3.29. The minimum Gasteiger partial charge on any atom is -0.378 e. The number of fused-ring (bicyclic) bond motifs is 2. The number of hydrogen-bond donors (Lipinski definition) is 0. The summed E-state index contributed by atoms with van der Waals surface area (Å²) in [5, 5.41) is 3.34. The first-order chi connectivity index (χ1) is 12.4. The lowest BCUT2D eigenvalue weighted by Gasteiger charge is -2.12. The van der Waals surface area contributed by atoms with Gasteiger partial charge >= 0.3 is 10.1 Å². The molecule has 0 bridgehead atoms. The first-order valence-electron chi connectivity index (χ1n) is 7.78. The van der Waals surface area contributed by atoms with E-state index in [2.05, 4.69) is 0 Å². The van der Waals surface area contributed by atoms with Gasteiger partial charge in [-0.05, 0) is 46.5 Å². The summed E-state index contributed by atoms with van der Waals surface area (Å²) >= 11 is 0. The van der Waals surface area contributed by atoms with E-state index in [0.29, 0.717) is 5.39 Å². The van der Waals surface area contributed by atoms with Gasteiger partial charge in [-0.2, -0.15) is 8.42 Å². The van der Waals surface area contributed by atoms with Gasteiger partial charge < -0.3 is 4.18 Å². The number of ketones is 2. The molecule has 0 unspecified atom stereocenters. The second-order valence-corrected chi connectivity index (χ2v) is 7.34. The average Bonchev–Trinajstić information content (AvgIpc) is 2.62. The van der Waals surface area contributed by atoms with E-state index in [1.807, 2.05) is 42.5 Å². The van der Waals surface area contributed by atoms with Gasteiger partial charge in [-0.25, -0.2) is 0 Å². The molecule has 0 aromatic heterocycles. The second kappa shape index (κ2) is 5.93. The molecule has 0 saturated heterocycles. The van der Waals surface area contributed by atoms with E-state index >= 15 is 0 Å². The lowest BCUT2D eigenvalue weighted by molar-refractivity contribution is -0.114. The molecule has 0 heterocycles. The van der Waals surface area contributed by atoms with Crippen molar-refractivity contribution in [1.29, 1.82) is 0 Å². The van der Waals surface area contributed by atoms with Crippen molar-refractivity contribution in [1.82, 2.24) is 0 Å². The summed E-state index contributed by atoms with van der Waals surface area (Å²) in [7, 11) is -4.42. The molecule has 26 heavy (non-hydrogen) atoms. The Bertz CT molecular complexity index is 1250. The highest BCUT2D eigenvalue weighted by Crippen LogP contribution is 2.32. The monoisotopic (exact) mass is 364 g/mol. The Balaban J connectivity index is 1.83. The topological polar surface area (TPSA) is 77.5 Å². The molecule has 0 N–H and O–H groups in total. The minimum absolute atomic E-state index is 0.101. The summed E-state index contributed by atoms with van der Waals surface area (Å²) in [4.78, 5) is 22.6. The molecule has 128 valence electrons. The zero-order chi connectivity index (χ0) is 18.3. The maximum atomic E-state index is 12.5. The molecule has 1 aliphatic rings. The molecule has 5 nitrogen and oxygen atoms in total. The highest BCUT2D eigenvalue weighted by molar-refractivity contribution is 7.92. The summed E-state index contributed by atoms with van der Waals surface area (Å²) in [6, 6.07) is 16.5. The summed E-state index contributed by atoms with van der Waals surface area (Å²) in [5.41, 5.74) is 0. The smallest absolute Gasteiger partial charge is 0.343 e. The van der Waals surface area contributed by atoms with Gasteiger partial charge in [-0.3, -0.25) is 9.59 Å². The van der Waals surface area contributed by atoms with Crippen LogP contribution in [-0.4, -0.2) is 20.0 Å². The Morgan fingerprint density at radius 2 is 1.46 bits per heavy atom. The molecule has 6 heteroatoms. The standard InChI is InChI=1S/C20H12O5S/c21-16-8-9-18(22)20(12-16)26(23,24)25-19-7-3-6-15-10-13-4-1-2-5-14(13)11-17(15)19/h1-12H. The molecular weight excluding hydrogens is 352 g/mol. The van der Waals surface area contributed by atoms with Crippen molar-refractivity contribution in [2.24, 2.45) is 0 Å². The van der Waals surface area contributed by atoms with Crippen LogP contribution in [0.1, 0.15) is 0 Å². The molecule has 0 amide bonds. The Morgan fingerprint density at radius 3 is 2.23 bits per heavy atom.